The number of amidine groups is 1. The lowest BCUT2D eigenvalue weighted by atomic mass is 9.95. The molecule has 7 nitrogen and oxygen atoms in total. The van der Waals surface area contributed by atoms with Crippen LogP contribution in [0.1, 0.15) is 61.0 Å². The van der Waals surface area contributed by atoms with Gasteiger partial charge in [0.1, 0.15) is 23.0 Å². The van der Waals surface area contributed by atoms with Crippen LogP contribution in [-0.4, -0.2) is 34.6 Å². The number of fused-ring (bicyclic) bond motifs is 1. The first-order valence-electron chi connectivity index (χ1n) is 14.0. The number of carbonyl (C=O) groups is 1. The Kier molecular flexibility index (Phi) is 7.99. The van der Waals surface area contributed by atoms with Gasteiger partial charge in [-0.1, -0.05) is 68.0 Å². The van der Waals surface area contributed by atoms with Gasteiger partial charge in [-0.2, -0.15) is 0 Å². The zero-order valence-corrected chi connectivity index (χ0v) is 24.3. The summed E-state index contributed by atoms with van der Waals surface area (Å²) in [6, 6.07) is 21.0. The smallest absolute Gasteiger partial charge is 0.261 e. The molecule has 0 unspecified atom stereocenters. The van der Waals surface area contributed by atoms with Crippen molar-refractivity contribution in [2.24, 2.45) is 0 Å². The van der Waals surface area contributed by atoms with Gasteiger partial charge in [0.2, 0.25) is 7.85 Å². The predicted molar refractivity (Wildman–Crippen MR) is 168 cm³/mol. The van der Waals surface area contributed by atoms with E-state index < -0.39 is 5.81 Å². The largest absolute Gasteiger partial charge is 0.483 e. The van der Waals surface area contributed by atoms with Crippen molar-refractivity contribution in [2.75, 3.05) is 0 Å². The Balaban J connectivity index is 1.50. The number of amides is 1. The molecular weight excluding hydrogens is 523 g/mol. The van der Waals surface area contributed by atoms with Crippen LogP contribution in [0.5, 0.6) is 5.75 Å². The van der Waals surface area contributed by atoms with E-state index in [2.05, 4.69) is 12.2 Å². The van der Waals surface area contributed by atoms with Crippen molar-refractivity contribution in [1.29, 1.82) is 5.41 Å². The Labute approximate surface area is 247 Å². The molecule has 2 radical (unpaired) electrons. The second kappa shape index (κ2) is 11.6. The third-order valence-electron chi connectivity index (χ3n) is 7.30. The maximum Gasteiger partial charge on any atom is 0.261 e. The third kappa shape index (κ3) is 5.98. The van der Waals surface area contributed by atoms with Gasteiger partial charge in [0.05, 0.1) is 11.4 Å². The Hall–Kier alpha value is -4.72. The quantitative estimate of drug-likeness (QED) is 0.162. The van der Waals surface area contributed by atoms with Crippen LogP contribution in [0, 0.1) is 12.3 Å². The van der Waals surface area contributed by atoms with E-state index in [1.54, 1.807) is 10.6 Å². The zero-order chi connectivity index (χ0) is 30.0. The van der Waals surface area contributed by atoms with Crippen molar-refractivity contribution < 1.29 is 9.53 Å². The number of nitrogens with one attached hydrogen (secondary N) is 2. The minimum Gasteiger partial charge on any atom is -0.483 e. The molecule has 2 N–H and O–H groups in total. The first-order valence-corrected chi connectivity index (χ1v) is 14.0. The number of carbonyl (C=O) groups excluding carboxylic acids is 1. The van der Waals surface area contributed by atoms with Gasteiger partial charge in [0, 0.05) is 23.1 Å². The molecule has 1 aromatic heterocycles. The molecule has 0 spiro atoms. The number of aryl methyl sites for hydroxylation is 2. The summed E-state index contributed by atoms with van der Waals surface area (Å²) in [7, 11) is 5.22. The van der Waals surface area contributed by atoms with E-state index in [1.165, 1.54) is 0 Å². The summed E-state index contributed by atoms with van der Waals surface area (Å²) in [6.45, 7) is 7.97. The van der Waals surface area contributed by atoms with Gasteiger partial charge in [-0.05, 0) is 68.2 Å². The molecule has 1 aliphatic heterocycles. The Morgan fingerprint density at radius 1 is 1.10 bits per heavy atom. The molecule has 0 atom stereocenters. The lowest BCUT2D eigenvalue weighted by molar-refractivity contribution is 0.159. The average Bonchev–Trinajstić information content (AvgIpc) is 2.95. The van der Waals surface area contributed by atoms with E-state index >= 15 is 0 Å². The van der Waals surface area contributed by atoms with Gasteiger partial charge in [0.25, 0.3) is 5.56 Å². The molecule has 3 aromatic carbocycles. The van der Waals surface area contributed by atoms with Gasteiger partial charge < -0.3 is 10.1 Å². The molecule has 5 rings (SSSR count). The monoisotopic (exact) mass is 556 g/mol. The zero-order valence-electron chi connectivity index (χ0n) is 24.3. The SMILES string of the molecule is [B]C(=O)NC(=N)c1ccccc1-c1ccc(Cc2c(CCC)nc(C)n(-c3ccc4c(c3)C=CC(C)(C)O4)c2=O)cc1. The van der Waals surface area contributed by atoms with Crippen LogP contribution in [0.4, 0.5) is 4.79 Å². The minimum atomic E-state index is -0.783. The number of hydrogen-bond acceptors (Lipinski definition) is 5. The number of rotatable bonds is 7. The van der Waals surface area contributed by atoms with Crippen LogP contribution < -0.4 is 15.6 Å². The van der Waals surface area contributed by atoms with E-state index in [4.69, 9.17) is 23.0 Å². The fourth-order valence-electron chi connectivity index (χ4n) is 5.30. The number of nitrogens with zero attached hydrogens (tertiary/aromatic N) is 2. The van der Waals surface area contributed by atoms with E-state index in [1.807, 2.05) is 93.6 Å². The standard InChI is InChI=1S/C34H33BN4O3/c1-5-8-29-28(19-22-11-13-23(14-12-22)26-9-6-7-10-27(26)31(36)38-33(35)41)32(40)39(21(2)37-29)25-15-16-30-24(20-25)17-18-34(3,4)42-30/h6-7,9-18,20H,5,8,19H2,1-4H3,(H2,36,38,41). The van der Waals surface area contributed by atoms with Crippen LogP contribution >= 0.6 is 0 Å². The fraction of sp³-hybridized carbons (Fsp3) is 0.235. The summed E-state index contributed by atoms with van der Waals surface area (Å²) in [5, 5.41) is 10.6. The summed E-state index contributed by atoms with van der Waals surface area (Å²) in [6.07, 6.45) is 6.07. The molecule has 42 heavy (non-hydrogen) atoms. The second-order valence-electron chi connectivity index (χ2n) is 11.0. The molecule has 0 saturated carbocycles. The maximum atomic E-state index is 14.1. The van der Waals surface area contributed by atoms with Gasteiger partial charge >= 0.3 is 0 Å². The molecule has 0 fully saturated rings. The van der Waals surface area contributed by atoms with Crippen LogP contribution in [0.2, 0.25) is 0 Å². The highest BCUT2D eigenvalue weighted by atomic mass is 16.5. The molecule has 2 heterocycles. The number of hydrogen-bond donors (Lipinski definition) is 2. The number of benzene rings is 3. The Morgan fingerprint density at radius 3 is 2.55 bits per heavy atom. The first kappa shape index (κ1) is 28.8. The van der Waals surface area contributed by atoms with Crippen molar-refractivity contribution in [3.8, 4) is 22.6 Å². The summed E-state index contributed by atoms with van der Waals surface area (Å²) in [5.74, 6) is 0.585. The van der Waals surface area contributed by atoms with Crippen LogP contribution in [0.15, 0.2) is 77.6 Å². The molecule has 1 aliphatic rings. The molecule has 0 aliphatic carbocycles. The van der Waals surface area contributed by atoms with Crippen LogP contribution in [-0.2, 0) is 12.8 Å². The summed E-state index contributed by atoms with van der Waals surface area (Å²) in [5.41, 5.74) is 5.92. The van der Waals surface area contributed by atoms with Gasteiger partial charge in [-0.25, -0.2) is 4.98 Å². The Bertz CT molecular complexity index is 1770. The van der Waals surface area contributed by atoms with Gasteiger partial charge in [0.15, 0.2) is 5.81 Å². The number of ether oxygens (including phenoxy) is 1. The molecule has 4 aromatic rings. The summed E-state index contributed by atoms with van der Waals surface area (Å²) in [4.78, 5) is 30.3. The Morgan fingerprint density at radius 2 is 1.83 bits per heavy atom. The van der Waals surface area contributed by atoms with Crippen molar-refractivity contribution in [1.82, 2.24) is 14.9 Å². The van der Waals surface area contributed by atoms with E-state index in [0.717, 1.165) is 45.8 Å². The lowest BCUT2D eigenvalue weighted by Crippen LogP contribution is -2.29. The average molecular weight is 556 g/mol. The second-order valence-corrected chi connectivity index (χ2v) is 11.0. The van der Waals surface area contributed by atoms with Gasteiger partial charge in [-0.3, -0.25) is 19.6 Å². The highest BCUT2D eigenvalue weighted by Gasteiger charge is 2.23. The van der Waals surface area contributed by atoms with E-state index in [0.29, 0.717) is 29.8 Å². The van der Waals surface area contributed by atoms with E-state index in [9.17, 15) is 9.59 Å². The molecule has 0 saturated heterocycles. The maximum absolute atomic E-state index is 14.1. The van der Waals surface area contributed by atoms with Crippen LogP contribution in [0.25, 0.3) is 22.9 Å². The molecular formula is C34H33BN4O3. The summed E-state index contributed by atoms with van der Waals surface area (Å²) >= 11 is 0. The normalized spacial score (nSPS) is 13.2. The minimum absolute atomic E-state index is 0.0643. The van der Waals surface area contributed by atoms with Crippen molar-refractivity contribution in [3.05, 3.63) is 117 Å². The molecule has 0 bridgehead atoms. The fourth-order valence-corrected chi connectivity index (χ4v) is 5.30. The predicted octanol–water partition coefficient (Wildman–Crippen LogP) is 6.14. The van der Waals surface area contributed by atoms with Crippen LogP contribution in [0.3, 0.4) is 0 Å². The van der Waals surface area contributed by atoms with E-state index in [-0.39, 0.29) is 17.0 Å². The molecule has 8 heteroatoms. The van der Waals surface area contributed by atoms with Crippen molar-refractivity contribution >= 4 is 25.6 Å². The lowest BCUT2D eigenvalue weighted by Gasteiger charge is -2.28. The molecule has 1 amide bonds. The number of aromatic nitrogens is 2. The molecule has 210 valence electrons. The first-order chi connectivity index (χ1) is 20.1. The highest BCUT2D eigenvalue weighted by molar-refractivity contribution is 6.58. The van der Waals surface area contributed by atoms with Crippen molar-refractivity contribution in [3.63, 3.8) is 0 Å². The topological polar surface area (TPSA) is 97.1 Å². The van der Waals surface area contributed by atoms with Gasteiger partial charge in [-0.15, -0.1) is 0 Å². The third-order valence-corrected chi connectivity index (χ3v) is 7.30. The summed E-state index contributed by atoms with van der Waals surface area (Å²) < 4.78 is 7.76. The van der Waals surface area contributed by atoms with Crippen molar-refractivity contribution in [2.45, 2.75) is 52.6 Å². The highest BCUT2D eigenvalue weighted by Crippen LogP contribution is 2.32.